The lowest BCUT2D eigenvalue weighted by molar-refractivity contribution is -0.121. The van der Waals surface area contributed by atoms with Crippen molar-refractivity contribution in [3.63, 3.8) is 0 Å². The van der Waals surface area contributed by atoms with E-state index in [9.17, 15) is 9.59 Å². The third-order valence-electron chi connectivity index (χ3n) is 5.44. The van der Waals surface area contributed by atoms with Gasteiger partial charge in [-0.2, -0.15) is 0 Å². The molecule has 0 saturated carbocycles. The molecule has 30 heavy (non-hydrogen) atoms. The van der Waals surface area contributed by atoms with Crippen molar-refractivity contribution in [2.75, 3.05) is 11.9 Å². The van der Waals surface area contributed by atoms with E-state index in [0.717, 1.165) is 12.1 Å². The maximum absolute atomic E-state index is 13.2. The number of aromatic nitrogens is 1. The largest absolute Gasteiger partial charge is 0.368 e. The number of rotatable bonds is 6. The number of nitrogens with one attached hydrogen (secondary N) is 2. The quantitative estimate of drug-likeness (QED) is 0.641. The summed E-state index contributed by atoms with van der Waals surface area (Å²) in [6.07, 6.45) is 8.80. The van der Waals surface area contributed by atoms with Crippen molar-refractivity contribution >= 4 is 23.2 Å². The van der Waals surface area contributed by atoms with Crippen LogP contribution in [0.15, 0.2) is 73.0 Å². The minimum absolute atomic E-state index is 0.0459. The minimum atomic E-state index is -0.481. The van der Waals surface area contributed by atoms with Crippen molar-refractivity contribution < 1.29 is 9.59 Å². The van der Waals surface area contributed by atoms with E-state index in [4.69, 9.17) is 5.73 Å². The zero-order chi connectivity index (χ0) is 20.9. The molecule has 1 aromatic carbocycles. The van der Waals surface area contributed by atoms with Crippen LogP contribution >= 0.6 is 0 Å². The zero-order valence-electron chi connectivity index (χ0n) is 16.6. The number of pyridine rings is 1. The van der Waals surface area contributed by atoms with Crippen molar-refractivity contribution in [3.8, 4) is 0 Å². The predicted octanol–water partition coefficient (Wildman–Crippen LogP) is 2.37. The third-order valence-corrected chi connectivity index (χ3v) is 5.44. The number of carbonyl (C=O) groups excluding carboxylic acids is 2. The van der Waals surface area contributed by atoms with E-state index in [0.29, 0.717) is 24.5 Å². The fourth-order valence-corrected chi connectivity index (χ4v) is 3.96. The summed E-state index contributed by atoms with van der Waals surface area (Å²) in [5.41, 5.74) is 6.89. The number of ketones is 1. The van der Waals surface area contributed by atoms with Crippen molar-refractivity contribution in [2.45, 2.75) is 31.0 Å². The minimum Gasteiger partial charge on any atom is -0.368 e. The Morgan fingerprint density at radius 1 is 1.10 bits per heavy atom. The first-order valence-corrected chi connectivity index (χ1v) is 10.1. The first kappa shape index (κ1) is 19.8. The molecule has 3 atom stereocenters. The van der Waals surface area contributed by atoms with Crippen LogP contribution in [-0.4, -0.2) is 46.2 Å². The molecule has 0 radical (unpaired) electrons. The van der Waals surface area contributed by atoms with Crippen LogP contribution in [0.1, 0.15) is 23.3 Å². The molecular weight excluding hydrogens is 378 g/mol. The van der Waals surface area contributed by atoms with Gasteiger partial charge < -0.3 is 21.3 Å². The Hall–Kier alpha value is -3.45. The molecule has 1 amide bonds. The van der Waals surface area contributed by atoms with Gasteiger partial charge in [0.05, 0.1) is 6.04 Å². The van der Waals surface area contributed by atoms with Crippen molar-refractivity contribution in [2.24, 2.45) is 5.73 Å². The number of anilines is 2. The van der Waals surface area contributed by atoms with Gasteiger partial charge in [-0.1, -0.05) is 36.4 Å². The summed E-state index contributed by atoms with van der Waals surface area (Å²) in [5, 5.41) is 6.53. The standard InChI is InChI=1S/C23H25N5O2/c24-23(30)20-10-4-5-14-28(20)17-12-13-25-19(15-17)22(29)18-9-6-11-21(27-18)26-16-7-2-1-3-8-16/h1-11,14,17,19-20,25H,12-13,15H2,(H2,24,30)(H,26,27). The summed E-state index contributed by atoms with van der Waals surface area (Å²) in [4.78, 5) is 31.5. The Labute approximate surface area is 175 Å². The van der Waals surface area contributed by atoms with Crippen LogP contribution in [0.2, 0.25) is 0 Å². The second-order valence-electron chi connectivity index (χ2n) is 7.47. The van der Waals surface area contributed by atoms with Gasteiger partial charge in [0.25, 0.3) is 0 Å². The Morgan fingerprint density at radius 2 is 1.93 bits per heavy atom. The Morgan fingerprint density at radius 3 is 2.73 bits per heavy atom. The molecule has 4 N–H and O–H groups in total. The van der Waals surface area contributed by atoms with Gasteiger partial charge in [0.2, 0.25) is 5.91 Å². The maximum Gasteiger partial charge on any atom is 0.244 e. The lowest BCUT2D eigenvalue weighted by Gasteiger charge is -2.40. The number of amides is 1. The second kappa shape index (κ2) is 8.92. The zero-order valence-corrected chi connectivity index (χ0v) is 16.6. The highest BCUT2D eigenvalue weighted by atomic mass is 16.1. The van der Waals surface area contributed by atoms with Gasteiger partial charge in [-0.3, -0.25) is 9.59 Å². The van der Waals surface area contributed by atoms with Gasteiger partial charge >= 0.3 is 0 Å². The number of nitrogens with two attached hydrogens (primary N) is 1. The highest BCUT2D eigenvalue weighted by Gasteiger charge is 2.34. The van der Waals surface area contributed by atoms with Gasteiger partial charge in [-0.25, -0.2) is 4.98 Å². The molecule has 0 aliphatic carbocycles. The molecule has 3 unspecified atom stereocenters. The molecule has 2 aliphatic heterocycles. The fourth-order valence-electron chi connectivity index (χ4n) is 3.96. The number of benzene rings is 1. The van der Waals surface area contributed by atoms with Gasteiger partial charge in [0, 0.05) is 17.9 Å². The number of hydrogen-bond donors (Lipinski definition) is 3. The average molecular weight is 403 g/mol. The molecule has 1 fully saturated rings. The van der Waals surface area contributed by atoms with E-state index in [1.54, 1.807) is 12.1 Å². The van der Waals surface area contributed by atoms with Crippen molar-refractivity contribution in [1.82, 2.24) is 15.2 Å². The van der Waals surface area contributed by atoms with Gasteiger partial charge in [-0.05, 0) is 49.7 Å². The molecule has 7 heteroatoms. The number of piperidine rings is 1. The van der Waals surface area contributed by atoms with E-state index < -0.39 is 11.9 Å². The predicted molar refractivity (Wildman–Crippen MR) is 116 cm³/mol. The van der Waals surface area contributed by atoms with Crippen LogP contribution in [-0.2, 0) is 4.79 Å². The lowest BCUT2D eigenvalue weighted by atomic mass is 9.92. The summed E-state index contributed by atoms with van der Waals surface area (Å²) in [7, 11) is 0. The molecular formula is C23H25N5O2. The highest BCUT2D eigenvalue weighted by Crippen LogP contribution is 2.23. The molecule has 4 rings (SSSR count). The molecule has 3 heterocycles. The number of Topliss-reactive ketones (excluding diaryl/α,β-unsaturated/α-hetero) is 1. The van der Waals surface area contributed by atoms with E-state index >= 15 is 0 Å². The monoisotopic (exact) mass is 403 g/mol. The summed E-state index contributed by atoms with van der Waals surface area (Å²) in [6.45, 7) is 0.683. The Balaban J connectivity index is 1.47. The van der Waals surface area contributed by atoms with Crippen molar-refractivity contribution in [1.29, 1.82) is 0 Å². The lowest BCUT2D eigenvalue weighted by Crippen LogP contribution is -2.54. The molecule has 1 aromatic heterocycles. The summed E-state index contributed by atoms with van der Waals surface area (Å²) >= 11 is 0. The molecule has 0 bridgehead atoms. The average Bonchev–Trinajstić information content (AvgIpc) is 2.79. The van der Waals surface area contributed by atoms with Crippen LogP contribution in [0.4, 0.5) is 11.5 Å². The van der Waals surface area contributed by atoms with Crippen LogP contribution in [0, 0.1) is 0 Å². The van der Waals surface area contributed by atoms with Gasteiger partial charge in [0.1, 0.15) is 17.6 Å². The number of nitrogens with zero attached hydrogens (tertiary/aromatic N) is 2. The Kier molecular flexibility index (Phi) is 5.90. The van der Waals surface area contributed by atoms with E-state index in [1.807, 2.05) is 65.7 Å². The summed E-state index contributed by atoms with van der Waals surface area (Å²) in [5.74, 6) is 0.180. The Bertz CT molecular complexity index is 973. The van der Waals surface area contributed by atoms with Crippen LogP contribution < -0.4 is 16.4 Å². The molecule has 2 aromatic rings. The van der Waals surface area contributed by atoms with E-state index in [2.05, 4.69) is 15.6 Å². The number of primary amides is 1. The summed E-state index contributed by atoms with van der Waals surface area (Å²) in [6, 6.07) is 14.3. The SMILES string of the molecule is NC(=O)C1C=CC=CN1C1CCNC(C(=O)c2cccc(Nc3ccccc3)n2)C1. The molecule has 7 nitrogen and oxygen atoms in total. The van der Waals surface area contributed by atoms with Gasteiger partial charge in [0.15, 0.2) is 5.78 Å². The highest BCUT2D eigenvalue weighted by molar-refractivity contribution is 5.99. The maximum atomic E-state index is 13.2. The van der Waals surface area contributed by atoms with Gasteiger partial charge in [-0.15, -0.1) is 0 Å². The fraction of sp³-hybridized carbons (Fsp3) is 0.261. The normalized spacial score (nSPS) is 23.2. The van der Waals surface area contributed by atoms with Crippen LogP contribution in [0.25, 0.3) is 0 Å². The molecule has 1 saturated heterocycles. The van der Waals surface area contributed by atoms with Crippen LogP contribution in [0.3, 0.4) is 0 Å². The molecule has 0 spiro atoms. The van der Waals surface area contributed by atoms with Crippen LogP contribution in [0.5, 0.6) is 0 Å². The topological polar surface area (TPSA) is 100 Å². The second-order valence-corrected chi connectivity index (χ2v) is 7.47. The first-order valence-electron chi connectivity index (χ1n) is 10.1. The third kappa shape index (κ3) is 4.41. The van der Waals surface area contributed by atoms with E-state index in [-0.39, 0.29) is 17.9 Å². The van der Waals surface area contributed by atoms with E-state index in [1.165, 1.54) is 0 Å². The number of allylic oxidation sites excluding steroid dienone is 2. The summed E-state index contributed by atoms with van der Waals surface area (Å²) < 4.78 is 0. The number of hydrogen-bond acceptors (Lipinski definition) is 6. The smallest absolute Gasteiger partial charge is 0.244 e. The van der Waals surface area contributed by atoms with Crippen molar-refractivity contribution in [3.05, 3.63) is 78.7 Å². The number of para-hydroxylation sites is 1. The molecule has 154 valence electrons. The number of carbonyl (C=O) groups is 2. The first-order chi connectivity index (χ1) is 14.6. The molecule has 2 aliphatic rings.